The van der Waals surface area contributed by atoms with Gasteiger partial charge in [-0.05, 0) is 24.6 Å². The fraction of sp³-hybridized carbons (Fsp3) is 0.250. The van der Waals surface area contributed by atoms with Crippen molar-refractivity contribution in [1.82, 2.24) is 0 Å². The molecule has 1 aromatic carbocycles. The van der Waals surface area contributed by atoms with Gasteiger partial charge < -0.3 is 10.2 Å². The van der Waals surface area contributed by atoms with Crippen molar-refractivity contribution in [2.24, 2.45) is 5.41 Å². The number of hydrogen-bond donors (Lipinski definition) is 2. The first-order chi connectivity index (χ1) is 11.0. The molecule has 2 unspecified atom stereocenters. The second-order valence-electron chi connectivity index (χ2n) is 5.54. The van der Waals surface area contributed by atoms with E-state index in [1.54, 1.807) is 0 Å². The van der Waals surface area contributed by atoms with E-state index in [0.717, 1.165) is 12.1 Å². The molecule has 0 aliphatic heterocycles. The highest BCUT2D eigenvalue weighted by Gasteiger charge is 2.46. The molecular weight excluding hydrogens is 332 g/mol. The van der Waals surface area contributed by atoms with Crippen LogP contribution in [0.4, 0.5) is 17.6 Å². The summed E-state index contributed by atoms with van der Waals surface area (Å²) >= 11 is 0. The summed E-state index contributed by atoms with van der Waals surface area (Å²) in [4.78, 5) is 23.0. The molecule has 0 saturated heterocycles. The van der Waals surface area contributed by atoms with Gasteiger partial charge in [0.25, 0.3) is 0 Å². The third-order valence-corrected chi connectivity index (χ3v) is 3.97. The van der Waals surface area contributed by atoms with Gasteiger partial charge in [0.15, 0.2) is 0 Å². The van der Waals surface area contributed by atoms with Crippen molar-refractivity contribution >= 4 is 11.9 Å². The van der Waals surface area contributed by atoms with Crippen LogP contribution in [0.5, 0.6) is 0 Å². The van der Waals surface area contributed by atoms with Gasteiger partial charge in [0.05, 0.1) is 11.0 Å². The molecule has 2 atom stereocenters. The van der Waals surface area contributed by atoms with Crippen molar-refractivity contribution in [1.29, 1.82) is 0 Å². The predicted molar refractivity (Wildman–Crippen MR) is 74.7 cm³/mol. The van der Waals surface area contributed by atoms with E-state index in [9.17, 15) is 37.4 Å². The number of carboxylic acids is 2. The highest BCUT2D eigenvalue weighted by Crippen LogP contribution is 2.46. The molecule has 0 heterocycles. The Kier molecular flexibility index (Phi) is 4.26. The molecule has 8 heteroatoms. The molecule has 0 amide bonds. The summed E-state index contributed by atoms with van der Waals surface area (Å²) in [5.74, 6) is -5.79. The van der Waals surface area contributed by atoms with Gasteiger partial charge in [-0.25, -0.2) is 9.18 Å². The molecule has 1 aromatic rings. The first-order valence-electron chi connectivity index (χ1n) is 6.71. The lowest BCUT2D eigenvalue weighted by molar-refractivity contribution is -0.146. The van der Waals surface area contributed by atoms with Crippen molar-refractivity contribution in [2.45, 2.75) is 19.0 Å². The molecule has 0 fully saturated rings. The summed E-state index contributed by atoms with van der Waals surface area (Å²) in [5.41, 5.74) is -4.00. The monoisotopic (exact) mass is 344 g/mol. The average molecular weight is 344 g/mol. The Bertz CT molecular complexity index is 764. The Morgan fingerprint density at radius 2 is 1.83 bits per heavy atom. The number of carbonyl (C=O) groups is 2. The van der Waals surface area contributed by atoms with Gasteiger partial charge in [-0.1, -0.05) is 24.3 Å². The minimum atomic E-state index is -4.99. The second kappa shape index (κ2) is 5.77. The molecule has 2 rings (SSSR count). The summed E-state index contributed by atoms with van der Waals surface area (Å²) in [7, 11) is 0. The Hall–Kier alpha value is -2.64. The molecule has 1 aliphatic rings. The van der Waals surface area contributed by atoms with Crippen molar-refractivity contribution in [3.63, 3.8) is 0 Å². The van der Waals surface area contributed by atoms with Crippen molar-refractivity contribution in [3.8, 4) is 0 Å². The van der Waals surface area contributed by atoms with E-state index >= 15 is 0 Å². The molecule has 2 N–H and O–H groups in total. The predicted octanol–water partition coefficient (Wildman–Crippen LogP) is 3.60. The minimum absolute atomic E-state index is 0.244. The number of allylic oxidation sites excluding steroid dienone is 2. The Morgan fingerprint density at radius 1 is 1.21 bits per heavy atom. The number of halogens is 4. The highest BCUT2D eigenvalue weighted by atomic mass is 19.4. The van der Waals surface area contributed by atoms with Crippen LogP contribution in [0.1, 0.15) is 24.0 Å². The van der Waals surface area contributed by atoms with Crippen molar-refractivity contribution in [3.05, 3.63) is 58.9 Å². The maximum absolute atomic E-state index is 13.5. The Labute approximate surface area is 133 Å². The third-order valence-electron chi connectivity index (χ3n) is 3.97. The van der Waals surface area contributed by atoms with E-state index in [1.165, 1.54) is 19.1 Å². The Balaban J connectivity index is 2.70. The van der Waals surface area contributed by atoms with Crippen molar-refractivity contribution < 1.29 is 37.4 Å². The van der Waals surface area contributed by atoms with E-state index in [0.29, 0.717) is 12.1 Å². The summed E-state index contributed by atoms with van der Waals surface area (Å²) < 4.78 is 52.2. The van der Waals surface area contributed by atoms with Crippen LogP contribution in [-0.4, -0.2) is 22.2 Å². The van der Waals surface area contributed by atoms with Gasteiger partial charge in [-0.3, -0.25) is 4.79 Å². The van der Waals surface area contributed by atoms with Crippen LogP contribution in [0.2, 0.25) is 0 Å². The van der Waals surface area contributed by atoms with Crippen LogP contribution in [0.15, 0.2) is 42.0 Å². The number of aliphatic carboxylic acids is 2. The normalized spacial score (nSPS) is 23.7. The van der Waals surface area contributed by atoms with Gasteiger partial charge in [0.1, 0.15) is 5.82 Å². The number of benzene rings is 1. The standard InChI is InChI=1S/C16H12F4O4/c1-15(14(23)24)6-2-3-9(13(21)22)12(15)8-4-5-11(17)10(7-8)16(18,19)20/h2-7,12H,1H3,(H,21,22)(H,23,24). The molecular formula is C16H12F4O4. The number of hydrogen-bond acceptors (Lipinski definition) is 2. The van der Waals surface area contributed by atoms with Crippen LogP contribution in [0.3, 0.4) is 0 Å². The first-order valence-corrected chi connectivity index (χ1v) is 6.71. The largest absolute Gasteiger partial charge is 0.481 e. The first kappa shape index (κ1) is 17.7. The lowest BCUT2D eigenvalue weighted by Gasteiger charge is -2.34. The number of carboxylic acid groups (broad SMARTS) is 2. The molecule has 0 radical (unpaired) electrons. The van der Waals surface area contributed by atoms with Crippen LogP contribution in [0, 0.1) is 11.2 Å². The van der Waals surface area contributed by atoms with Gasteiger partial charge in [0.2, 0.25) is 0 Å². The Morgan fingerprint density at radius 3 is 2.33 bits per heavy atom. The molecule has 4 nitrogen and oxygen atoms in total. The van der Waals surface area contributed by atoms with Gasteiger partial charge in [-0.15, -0.1) is 0 Å². The van der Waals surface area contributed by atoms with E-state index in [-0.39, 0.29) is 11.1 Å². The molecule has 0 aromatic heterocycles. The summed E-state index contributed by atoms with van der Waals surface area (Å²) in [5, 5.41) is 18.7. The molecule has 0 spiro atoms. The SMILES string of the molecule is CC1(C(=O)O)C=CC=C(C(=O)O)C1c1ccc(F)c(C(F)(F)F)c1. The molecule has 1 aliphatic carbocycles. The zero-order valence-corrected chi connectivity index (χ0v) is 12.3. The topological polar surface area (TPSA) is 74.6 Å². The van der Waals surface area contributed by atoms with Crippen LogP contribution < -0.4 is 0 Å². The average Bonchev–Trinajstić information content (AvgIpc) is 2.46. The molecule has 0 saturated carbocycles. The second-order valence-corrected chi connectivity index (χ2v) is 5.54. The van der Waals surface area contributed by atoms with Crippen molar-refractivity contribution in [2.75, 3.05) is 0 Å². The number of alkyl halides is 3. The third kappa shape index (κ3) is 2.91. The van der Waals surface area contributed by atoms with Crippen LogP contribution in [-0.2, 0) is 15.8 Å². The molecule has 128 valence electrons. The summed E-state index contributed by atoms with van der Waals surface area (Å²) in [6.07, 6.45) is -1.45. The van der Waals surface area contributed by atoms with E-state index < -0.39 is 40.8 Å². The fourth-order valence-electron chi connectivity index (χ4n) is 2.72. The minimum Gasteiger partial charge on any atom is -0.481 e. The lowest BCUT2D eigenvalue weighted by Crippen LogP contribution is -2.37. The smallest absolute Gasteiger partial charge is 0.419 e. The zero-order valence-electron chi connectivity index (χ0n) is 12.3. The van der Waals surface area contributed by atoms with Crippen LogP contribution >= 0.6 is 0 Å². The fourth-order valence-corrected chi connectivity index (χ4v) is 2.72. The summed E-state index contributed by atoms with van der Waals surface area (Å²) in [6.45, 7) is 1.20. The zero-order chi connectivity index (χ0) is 18.3. The van der Waals surface area contributed by atoms with Gasteiger partial charge in [0, 0.05) is 11.5 Å². The van der Waals surface area contributed by atoms with E-state index in [1.807, 2.05) is 0 Å². The van der Waals surface area contributed by atoms with E-state index in [2.05, 4.69) is 0 Å². The number of rotatable bonds is 3. The van der Waals surface area contributed by atoms with E-state index in [4.69, 9.17) is 0 Å². The quantitative estimate of drug-likeness (QED) is 0.822. The van der Waals surface area contributed by atoms with Gasteiger partial charge in [-0.2, -0.15) is 13.2 Å². The maximum atomic E-state index is 13.5. The highest BCUT2D eigenvalue weighted by molar-refractivity contribution is 5.93. The molecule has 0 bridgehead atoms. The lowest BCUT2D eigenvalue weighted by atomic mass is 9.67. The van der Waals surface area contributed by atoms with Gasteiger partial charge >= 0.3 is 18.1 Å². The molecule has 24 heavy (non-hydrogen) atoms. The maximum Gasteiger partial charge on any atom is 0.419 e. The van der Waals surface area contributed by atoms with Crippen LogP contribution in [0.25, 0.3) is 0 Å². The summed E-state index contributed by atoms with van der Waals surface area (Å²) in [6, 6.07) is 1.97.